The molecular weight excluding hydrogens is 252 g/mol. The molecule has 0 N–H and O–H groups in total. The zero-order chi connectivity index (χ0) is 13.9. The summed E-state index contributed by atoms with van der Waals surface area (Å²) in [5, 5.41) is 1.22. The van der Waals surface area contributed by atoms with Gasteiger partial charge in [-0.25, -0.2) is 0 Å². The number of pyridine rings is 1. The van der Waals surface area contributed by atoms with Gasteiger partial charge in [-0.3, -0.25) is 4.98 Å². The van der Waals surface area contributed by atoms with Crippen molar-refractivity contribution in [2.75, 3.05) is 14.2 Å². The van der Waals surface area contributed by atoms with E-state index < -0.39 is 0 Å². The van der Waals surface area contributed by atoms with Crippen LogP contribution in [0.15, 0.2) is 48.8 Å². The van der Waals surface area contributed by atoms with Gasteiger partial charge in [0.2, 0.25) is 0 Å². The monoisotopic (exact) mass is 268 g/mol. The van der Waals surface area contributed by atoms with E-state index in [-0.39, 0.29) is 0 Å². The number of rotatable bonds is 4. The van der Waals surface area contributed by atoms with Gasteiger partial charge in [0.15, 0.2) is 11.5 Å². The molecule has 0 spiro atoms. The maximum absolute atomic E-state index is 5.43. The molecule has 2 aromatic heterocycles. The van der Waals surface area contributed by atoms with Gasteiger partial charge in [0, 0.05) is 24.0 Å². The van der Waals surface area contributed by atoms with E-state index in [4.69, 9.17) is 9.47 Å². The van der Waals surface area contributed by atoms with Gasteiger partial charge in [0.05, 0.1) is 20.8 Å². The van der Waals surface area contributed by atoms with Gasteiger partial charge in [-0.2, -0.15) is 0 Å². The number of fused-ring (bicyclic) bond motifs is 1. The fourth-order valence-corrected chi connectivity index (χ4v) is 2.40. The van der Waals surface area contributed by atoms with Gasteiger partial charge in [-0.1, -0.05) is 18.2 Å². The summed E-state index contributed by atoms with van der Waals surface area (Å²) in [4.78, 5) is 4.41. The summed E-state index contributed by atoms with van der Waals surface area (Å²) >= 11 is 0. The van der Waals surface area contributed by atoms with Crippen LogP contribution in [0, 0.1) is 0 Å². The van der Waals surface area contributed by atoms with Crippen molar-refractivity contribution in [2.45, 2.75) is 6.54 Å². The lowest BCUT2D eigenvalue weighted by Crippen LogP contribution is -2.04. The highest BCUT2D eigenvalue weighted by molar-refractivity contribution is 5.80. The highest BCUT2D eigenvalue weighted by atomic mass is 16.5. The Kier molecular flexibility index (Phi) is 3.29. The molecule has 2 heterocycles. The quantitative estimate of drug-likeness (QED) is 0.729. The summed E-state index contributed by atoms with van der Waals surface area (Å²) in [6.45, 7) is 0.647. The number of para-hydroxylation sites is 1. The highest BCUT2D eigenvalue weighted by Gasteiger charge is 2.12. The van der Waals surface area contributed by atoms with E-state index >= 15 is 0 Å². The maximum Gasteiger partial charge on any atom is 0.184 e. The van der Waals surface area contributed by atoms with Gasteiger partial charge in [0.25, 0.3) is 0 Å². The molecule has 20 heavy (non-hydrogen) atoms. The summed E-state index contributed by atoms with van der Waals surface area (Å²) in [6.07, 6.45) is 3.80. The number of methoxy groups -OCH3 is 2. The zero-order valence-electron chi connectivity index (χ0n) is 11.5. The molecule has 3 rings (SSSR count). The van der Waals surface area contributed by atoms with Gasteiger partial charge in [-0.05, 0) is 17.5 Å². The van der Waals surface area contributed by atoms with Crippen molar-refractivity contribution in [1.29, 1.82) is 0 Å². The standard InChI is InChI=1S/C16H16N2O2/c1-19-15-7-9-17-13(16(15)20-2)11-18-10-8-12-5-3-4-6-14(12)18/h3-10H,11H2,1-2H3. The predicted octanol–water partition coefficient (Wildman–Crippen LogP) is 3.10. The van der Waals surface area contributed by atoms with Crippen molar-refractivity contribution in [1.82, 2.24) is 9.55 Å². The highest BCUT2D eigenvalue weighted by Crippen LogP contribution is 2.30. The molecule has 4 heteroatoms. The minimum Gasteiger partial charge on any atom is -0.493 e. The molecule has 0 saturated heterocycles. The molecule has 102 valence electrons. The summed E-state index contributed by atoms with van der Waals surface area (Å²) in [7, 11) is 3.27. The zero-order valence-corrected chi connectivity index (χ0v) is 11.5. The predicted molar refractivity (Wildman–Crippen MR) is 78.4 cm³/mol. The lowest BCUT2D eigenvalue weighted by Gasteiger charge is -2.12. The number of aromatic nitrogens is 2. The topological polar surface area (TPSA) is 36.3 Å². The number of hydrogen-bond acceptors (Lipinski definition) is 3. The molecule has 0 aliphatic rings. The molecular formula is C16H16N2O2. The van der Waals surface area contributed by atoms with Crippen molar-refractivity contribution in [3.63, 3.8) is 0 Å². The van der Waals surface area contributed by atoms with E-state index in [1.165, 1.54) is 10.9 Å². The largest absolute Gasteiger partial charge is 0.493 e. The fourth-order valence-electron chi connectivity index (χ4n) is 2.40. The molecule has 0 fully saturated rings. The van der Waals surface area contributed by atoms with Crippen LogP contribution in [0.3, 0.4) is 0 Å². The molecule has 1 aromatic carbocycles. The van der Waals surface area contributed by atoms with E-state index in [0.29, 0.717) is 18.0 Å². The Morgan fingerprint density at radius 3 is 2.70 bits per heavy atom. The van der Waals surface area contributed by atoms with Crippen LogP contribution >= 0.6 is 0 Å². The van der Waals surface area contributed by atoms with E-state index in [9.17, 15) is 0 Å². The second-order valence-corrected chi connectivity index (χ2v) is 4.50. The van der Waals surface area contributed by atoms with Crippen LogP contribution in [-0.4, -0.2) is 23.8 Å². The second kappa shape index (κ2) is 5.25. The van der Waals surface area contributed by atoms with E-state index in [0.717, 1.165) is 5.69 Å². The summed E-state index contributed by atoms with van der Waals surface area (Å²) < 4.78 is 12.9. The van der Waals surface area contributed by atoms with Crippen LogP contribution in [-0.2, 0) is 6.54 Å². The van der Waals surface area contributed by atoms with Crippen LogP contribution in [0.25, 0.3) is 10.9 Å². The van der Waals surface area contributed by atoms with Crippen LogP contribution in [0.5, 0.6) is 11.5 Å². The van der Waals surface area contributed by atoms with Crippen molar-refractivity contribution in [3.8, 4) is 11.5 Å². The molecule has 0 aliphatic carbocycles. The van der Waals surface area contributed by atoms with Gasteiger partial charge < -0.3 is 14.0 Å². The Balaban J connectivity index is 2.03. The Morgan fingerprint density at radius 1 is 1.05 bits per heavy atom. The summed E-state index contributed by atoms with van der Waals surface area (Å²) in [5.74, 6) is 1.39. The maximum atomic E-state index is 5.43. The van der Waals surface area contributed by atoms with Crippen LogP contribution < -0.4 is 9.47 Å². The lowest BCUT2D eigenvalue weighted by molar-refractivity contribution is 0.348. The summed E-state index contributed by atoms with van der Waals surface area (Å²) in [6, 6.07) is 12.2. The second-order valence-electron chi connectivity index (χ2n) is 4.50. The first-order valence-electron chi connectivity index (χ1n) is 6.43. The average molecular weight is 268 g/mol. The number of nitrogens with zero attached hydrogens (tertiary/aromatic N) is 2. The van der Waals surface area contributed by atoms with Crippen molar-refractivity contribution < 1.29 is 9.47 Å². The molecule has 0 bridgehead atoms. The molecule has 0 aliphatic heterocycles. The third-order valence-corrected chi connectivity index (χ3v) is 3.37. The van der Waals surface area contributed by atoms with Gasteiger partial charge >= 0.3 is 0 Å². The van der Waals surface area contributed by atoms with Crippen molar-refractivity contribution in [3.05, 3.63) is 54.5 Å². The normalized spacial score (nSPS) is 10.7. The molecule has 4 nitrogen and oxygen atoms in total. The third-order valence-electron chi connectivity index (χ3n) is 3.37. The molecule has 0 unspecified atom stereocenters. The number of benzene rings is 1. The Bertz CT molecular complexity index is 734. The van der Waals surface area contributed by atoms with Gasteiger partial charge in [-0.15, -0.1) is 0 Å². The fraction of sp³-hybridized carbons (Fsp3) is 0.188. The first-order valence-corrected chi connectivity index (χ1v) is 6.43. The summed E-state index contributed by atoms with van der Waals surface area (Å²) in [5.41, 5.74) is 2.03. The van der Waals surface area contributed by atoms with Crippen molar-refractivity contribution in [2.24, 2.45) is 0 Å². The van der Waals surface area contributed by atoms with Gasteiger partial charge in [0.1, 0.15) is 5.69 Å². The smallest absolute Gasteiger partial charge is 0.184 e. The third kappa shape index (κ3) is 2.09. The molecule has 0 saturated carbocycles. The van der Waals surface area contributed by atoms with E-state index in [1.54, 1.807) is 26.5 Å². The average Bonchev–Trinajstić information content (AvgIpc) is 2.90. The van der Waals surface area contributed by atoms with E-state index in [1.807, 2.05) is 12.1 Å². The first-order chi connectivity index (χ1) is 9.83. The molecule has 0 radical (unpaired) electrons. The minimum absolute atomic E-state index is 0.647. The Hall–Kier alpha value is -2.49. The van der Waals surface area contributed by atoms with Crippen LogP contribution in [0.1, 0.15) is 5.69 Å². The minimum atomic E-state index is 0.647. The van der Waals surface area contributed by atoms with Crippen molar-refractivity contribution >= 4 is 10.9 Å². The SMILES string of the molecule is COc1ccnc(Cn2ccc3ccccc32)c1OC. The van der Waals surface area contributed by atoms with Crippen LogP contribution in [0.4, 0.5) is 0 Å². The van der Waals surface area contributed by atoms with Crippen LogP contribution in [0.2, 0.25) is 0 Å². The van der Waals surface area contributed by atoms with E-state index in [2.05, 4.69) is 33.9 Å². The molecule has 0 amide bonds. The lowest BCUT2D eigenvalue weighted by atomic mass is 10.2. The number of hydrogen-bond donors (Lipinski definition) is 0. The first kappa shape index (κ1) is 12.5. The molecule has 3 aromatic rings. The Labute approximate surface area is 117 Å². The Morgan fingerprint density at radius 2 is 1.90 bits per heavy atom. The molecule has 0 atom stereocenters. The number of ether oxygens (including phenoxy) is 2.